The third-order valence-electron chi connectivity index (χ3n) is 5.42. The summed E-state index contributed by atoms with van der Waals surface area (Å²) in [6.07, 6.45) is 2.46. The molecule has 2 atom stereocenters. The van der Waals surface area contributed by atoms with Crippen molar-refractivity contribution in [1.29, 1.82) is 0 Å². The lowest BCUT2D eigenvalue weighted by Crippen LogP contribution is -2.57. The summed E-state index contributed by atoms with van der Waals surface area (Å²) in [5, 5.41) is 12.4. The van der Waals surface area contributed by atoms with E-state index in [-0.39, 0.29) is 17.7 Å². The summed E-state index contributed by atoms with van der Waals surface area (Å²) in [5.74, 6) is -0.741. The molecule has 2 unspecified atom stereocenters. The van der Waals surface area contributed by atoms with Crippen molar-refractivity contribution >= 4 is 12.0 Å². The molecule has 0 spiro atoms. The Morgan fingerprint density at radius 2 is 1.95 bits per heavy atom. The number of nitrogens with one attached hydrogen (secondary N) is 1. The summed E-state index contributed by atoms with van der Waals surface area (Å²) < 4.78 is 5.53. The zero-order valence-electron chi connectivity index (χ0n) is 13.1. The number of hydrogen-bond donors (Lipinski definition) is 2. The summed E-state index contributed by atoms with van der Waals surface area (Å²) in [6.45, 7) is 7.53. The van der Waals surface area contributed by atoms with Crippen LogP contribution in [0.25, 0.3) is 0 Å². The van der Waals surface area contributed by atoms with Crippen LogP contribution in [0.5, 0.6) is 0 Å². The fourth-order valence-electron chi connectivity index (χ4n) is 3.18. The molecule has 6 heteroatoms. The minimum absolute atomic E-state index is 0.00000681. The van der Waals surface area contributed by atoms with Crippen LogP contribution in [0, 0.1) is 5.41 Å². The maximum Gasteiger partial charge on any atom is 0.317 e. The van der Waals surface area contributed by atoms with Gasteiger partial charge in [-0.05, 0) is 39.5 Å². The summed E-state index contributed by atoms with van der Waals surface area (Å²) in [4.78, 5) is 25.5. The first-order chi connectivity index (χ1) is 9.83. The Labute approximate surface area is 125 Å². The number of ether oxygens (including phenoxy) is 1. The Bertz CT molecular complexity index is 418. The maximum atomic E-state index is 12.4. The van der Waals surface area contributed by atoms with Gasteiger partial charge in [0.15, 0.2) is 0 Å². The van der Waals surface area contributed by atoms with E-state index in [1.165, 1.54) is 0 Å². The van der Waals surface area contributed by atoms with Crippen LogP contribution >= 0.6 is 0 Å². The van der Waals surface area contributed by atoms with Gasteiger partial charge in [-0.25, -0.2) is 4.79 Å². The van der Waals surface area contributed by atoms with Crippen molar-refractivity contribution in [3.05, 3.63) is 0 Å². The highest BCUT2D eigenvalue weighted by Crippen LogP contribution is 2.35. The van der Waals surface area contributed by atoms with Crippen molar-refractivity contribution in [2.24, 2.45) is 5.41 Å². The van der Waals surface area contributed by atoms with Crippen LogP contribution in [-0.2, 0) is 9.53 Å². The van der Waals surface area contributed by atoms with Gasteiger partial charge in [-0.1, -0.05) is 6.92 Å². The van der Waals surface area contributed by atoms with Gasteiger partial charge in [0.1, 0.15) is 0 Å². The van der Waals surface area contributed by atoms with Crippen molar-refractivity contribution in [1.82, 2.24) is 10.2 Å². The number of nitrogens with zero attached hydrogens (tertiary/aromatic N) is 1. The number of piperidine rings is 1. The van der Waals surface area contributed by atoms with Crippen molar-refractivity contribution in [2.45, 2.75) is 58.1 Å². The summed E-state index contributed by atoms with van der Waals surface area (Å²) in [5.41, 5.74) is -0.992. The van der Waals surface area contributed by atoms with Gasteiger partial charge in [0, 0.05) is 19.7 Å². The standard InChI is InChI=1S/C15H26N2O4/c1-4-15(12(18)19)5-8-17(9-6-15)13(20)16-14(3)7-10-21-11(14)2/h11H,4-10H2,1-3H3,(H,16,20)(H,18,19). The Balaban J connectivity index is 1.93. The lowest BCUT2D eigenvalue weighted by atomic mass is 9.76. The van der Waals surface area contributed by atoms with Crippen molar-refractivity contribution in [2.75, 3.05) is 19.7 Å². The molecular formula is C15H26N2O4. The molecule has 0 aromatic rings. The second-order valence-electron chi connectivity index (χ2n) is 6.54. The Morgan fingerprint density at radius 3 is 2.38 bits per heavy atom. The fourth-order valence-corrected chi connectivity index (χ4v) is 3.18. The predicted molar refractivity (Wildman–Crippen MR) is 78.1 cm³/mol. The van der Waals surface area contributed by atoms with E-state index in [1.807, 2.05) is 20.8 Å². The molecule has 2 aliphatic heterocycles. The van der Waals surface area contributed by atoms with E-state index in [0.717, 1.165) is 6.42 Å². The SMILES string of the molecule is CCC1(C(=O)O)CCN(C(=O)NC2(C)CCOC2C)CC1. The smallest absolute Gasteiger partial charge is 0.317 e. The molecule has 2 rings (SSSR count). The maximum absolute atomic E-state index is 12.4. The normalized spacial score (nSPS) is 32.0. The fraction of sp³-hybridized carbons (Fsp3) is 0.867. The number of carboxylic acid groups (broad SMARTS) is 1. The molecule has 2 N–H and O–H groups in total. The highest BCUT2D eigenvalue weighted by molar-refractivity contribution is 5.77. The van der Waals surface area contributed by atoms with E-state index in [9.17, 15) is 14.7 Å². The average molecular weight is 298 g/mol. The van der Waals surface area contributed by atoms with Crippen LogP contribution in [-0.4, -0.2) is 53.3 Å². The molecule has 2 saturated heterocycles. The number of carboxylic acids is 1. The number of hydrogen-bond acceptors (Lipinski definition) is 3. The van der Waals surface area contributed by atoms with Crippen LogP contribution < -0.4 is 5.32 Å². The van der Waals surface area contributed by atoms with Crippen molar-refractivity contribution < 1.29 is 19.4 Å². The monoisotopic (exact) mass is 298 g/mol. The van der Waals surface area contributed by atoms with Gasteiger partial charge in [0.25, 0.3) is 0 Å². The van der Waals surface area contributed by atoms with Gasteiger partial charge < -0.3 is 20.1 Å². The van der Waals surface area contributed by atoms with Gasteiger partial charge >= 0.3 is 12.0 Å². The molecule has 6 nitrogen and oxygen atoms in total. The Hall–Kier alpha value is -1.30. The molecule has 0 radical (unpaired) electrons. The van der Waals surface area contributed by atoms with E-state index >= 15 is 0 Å². The molecule has 0 bridgehead atoms. The number of carbonyl (C=O) groups is 2. The number of urea groups is 1. The lowest BCUT2D eigenvalue weighted by molar-refractivity contribution is -0.152. The molecule has 0 aliphatic carbocycles. The molecule has 120 valence electrons. The van der Waals surface area contributed by atoms with E-state index in [0.29, 0.717) is 39.0 Å². The minimum Gasteiger partial charge on any atom is -0.481 e. The third kappa shape index (κ3) is 3.00. The number of aliphatic carboxylic acids is 1. The molecule has 2 heterocycles. The number of amides is 2. The molecule has 0 aromatic carbocycles. The van der Waals surface area contributed by atoms with Crippen LogP contribution in [0.4, 0.5) is 4.79 Å². The van der Waals surface area contributed by atoms with Gasteiger partial charge in [-0.15, -0.1) is 0 Å². The number of likely N-dealkylation sites (tertiary alicyclic amines) is 1. The van der Waals surface area contributed by atoms with Gasteiger partial charge in [-0.3, -0.25) is 4.79 Å². The van der Waals surface area contributed by atoms with Crippen molar-refractivity contribution in [3.8, 4) is 0 Å². The van der Waals surface area contributed by atoms with Gasteiger partial charge in [-0.2, -0.15) is 0 Å². The predicted octanol–water partition coefficient (Wildman–Crippen LogP) is 1.84. The molecule has 21 heavy (non-hydrogen) atoms. The minimum atomic E-state index is -0.741. The summed E-state index contributed by atoms with van der Waals surface area (Å²) in [7, 11) is 0. The first kappa shape index (κ1) is 16.1. The Morgan fingerprint density at radius 1 is 1.33 bits per heavy atom. The highest BCUT2D eigenvalue weighted by Gasteiger charge is 2.43. The van der Waals surface area contributed by atoms with Crippen LogP contribution in [0.1, 0.15) is 46.5 Å². The first-order valence-corrected chi connectivity index (χ1v) is 7.75. The molecule has 2 aliphatic rings. The summed E-state index contributed by atoms with van der Waals surface area (Å²) >= 11 is 0. The number of carbonyl (C=O) groups excluding carboxylic acids is 1. The van der Waals surface area contributed by atoms with E-state index < -0.39 is 11.4 Å². The zero-order chi connectivity index (χ0) is 15.7. The quantitative estimate of drug-likeness (QED) is 0.833. The van der Waals surface area contributed by atoms with Crippen LogP contribution in [0.3, 0.4) is 0 Å². The van der Waals surface area contributed by atoms with Gasteiger partial charge in [0.2, 0.25) is 0 Å². The van der Waals surface area contributed by atoms with E-state index in [4.69, 9.17) is 4.74 Å². The van der Waals surface area contributed by atoms with Gasteiger partial charge in [0.05, 0.1) is 17.1 Å². The largest absolute Gasteiger partial charge is 0.481 e. The van der Waals surface area contributed by atoms with Crippen LogP contribution in [0.15, 0.2) is 0 Å². The topological polar surface area (TPSA) is 78.9 Å². The summed E-state index contributed by atoms with van der Waals surface area (Å²) in [6, 6.07) is -0.107. The second kappa shape index (κ2) is 5.83. The molecule has 2 amide bonds. The molecular weight excluding hydrogens is 272 g/mol. The Kier molecular flexibility index (Phi) is 4.46. The highest BCUT2D eigenvalue weighted by atomic mass is 16.5. The second-order valence-corrected chi connectivity index (χ2v) is 6.54. The molecule has 0 saturated carbocycles. The third-order valence-corrected chi connectivity index (χ3v) is 5.42. The molecule has 2 fully saturated rings. The zero-order valence-corrected chi connectivity index (χ0v) is 13.1. The van der Waals surface area contributed by atoms with Crippen molar-refractivity contribution in [3.63, 3.8) is 0 Å². The van der Waals surface area contributed by atoms with Crippen LogP contribution in [0.2, 0.25) is 0 Å². The average Bonchev–Trinajstić information content (AvgIpc) is 2.78. The first-order valence-electron chi connectivity index (χ1n) is 7.75. The number of rotatable bonds is 3. The van der Waals surface area contributed by atoms with E-state index in [2.05, 4.69) is 5.32 Å². The lowest BCUT2D eigenvalue weighted by Gasteiger charge is -2.40. The van der Waals surface area contributed by atoms with E-state index in [1.54, 1.807) is 4.90 Å². The molecule has 0 aromatic heterocycles.